The summed E-state index contributed by atoms with van der Waals surface area (Å²) in [6, 6.07) is 5.52. The molecule has 24 heavy (non-hydrogen) atoms. The summed E-state index contributed by atoms with van der Waals surface area (Å²) in [6.45, 7) is 3.13. The maximum atomic E-state index is 12.2. The predicted molar refractivity (Wildman–Crippen MR) is 81.5 cm³/mol. The summed E-state index contributed by atoms with van der Waals surface area (Å²) in [4.78, 5) is 35.5. The fourth-order valence-electron chi connectivity index (χ4n) is 2.39. The van der Waals surface area contributed by atoms with Crippen LogP contribution in [-0.2, 0) is 4.74 Å². The Morgan fingerprint density at radius 1 is 1.54 bits per heavy atom. The molecule has 2 rings (SSSR count). The molecule has 0 radical (unpaired) electrons. The molecule has 1 aromatic carbocycles. The topological polar surface area (TPSA) is 126 Å². The van der Waals surface area contributed by atoms with Crippen molar-refractivity contribution in [1.29, 1.82) is 5.26 Å². The number of amides is 3. The van der Waals surface area contributed by atoms with Gasteiger partial charge in [0.2, 0.25) is 0 Å². The van der Waals surface area contributed by atoms with Gasteiger partial charge in [-0.2, -0.15) is 5.26 Å². The molecule has 9 nitrogen and oxygen atoms in total. The van der Waals surface area contributed by atoms with Crippen LogP contribution in [0.4, 0.5) is 15.3 Å². The summed E-state index contributed by atoms with van der Waals surface area (Å²) >= 11 is 0. The molecule has 1 aliphatic rings. The summed E-state index contributed by atoms with van der Waals surface area (Å²) in [5, 5.41) is 22.8. The van der Waals surface area contributed by atoms with Crippen molar-refractivity contribution in [3.63, 3.8) is 0 Å². The van der Waals surface area contributed by atoms with Crippen LogP contribution in [0.2, 0.25) is 0 Å². The molecule has 3 amide bonds. The SMILES string of the molecule is CCOC(=O)N1C(=O)NC(C)=C(C#N)C1c1cccc([N+](=O)[O-])c1. The summed E-state index contributed by atoms with van der Waals surface area (Å²) in [5.41, 5.74) is 0.433. The second kappa shape index (κ2) is 6.78. The molecule has 0 saturated carbocycles. The zero-order valence-corrected chi connectivity index (χ0v) is 13.0. The lowest BCUT2D eigenvalue weighted by Crippen LogP contribution is -2.50. The first-order valence-electron chi connectivity index (χ1n) is 7.02. The van der Waals surface area contributed by atoms with E-state index in [9.17, 15) is 25.0 Å². The zero-order valence-electron chi connectivity index (χ0n) is 13.0. The smallest absolute Gasteiger partial charge is 0.418 e. The number of nitriles is 1. The number of hydrogen-bond acceptors (Lipinski definition) is 6. The molecule has 0 aromatic heterocycles. The number of nitrogens with zero attached hydrogens (tertiary/aromatic N) is 3. The highest BCUT2D eigenvalue weighted by molar-refractivity contribution is 5.94. The van der Waals surface area contributed by atoms with E-state index in [0.717, 1.165) is 4.90 Å². The number of imide groups is 1. The largest absolute Gasteiger partial charge is 0.449 e. The van der Waals surface area contributed by atoms with Crippen molar-refractivity contribution in [3.05, 3.63) is 51.2 Å². The van der Waals surface area contributed by atoms with Crippen LogP contribution < -0.4 is 5.32 Å². The van der Waals surface area contributed by atoms with Crippen LogP contribution in [0.1, 0.15) is 25.5 Å². The Morgan fingerprint density at radius 3 is 2.83 bits per heavy atom. The number of carbonyl (C=O) groups is 2. The third-order valence-corrected chi connectivity index (χ3v) is 3.43. The number of non-ortho nitro benzene ring substituents is 1. The van der Waals surface area contributed by atoms with Gasteiger partial charge in [0.15, 0.2) is 0 Å². The summed E-state index contributed by atoms with van der Waals surface area (Å²) in [5.74, 6) is 0. The van der Waals surface area contributed by atoms with Crippen molar-refractivity contribution < 1.29 is 19.2 Å². The Bertz CT molecular complexity index is 780. The fraction of sp³-hybridized carbons (Fsp3) is 0.267. The monoisotopic (exact) mass is 330 g/mol. The Morgan fingerprint density at radius 2 is 2.25 bits per heavy atom. The summed E-state index contributed by atoms with van der Waals surface area (Å²) in [7, 11) is 0. The second-order valence-corrected chi connectivity index (χ2v) is 4.90. The van der Waals surface area contributed by atoms with Gasteiger partial charge in [-0.1, -0.05) is 12.1 Å². The number of hydrogen-bond donors (Lipinski definition) is 1. The number of nitrogens with one attached hydrogen (secondary N) is 1. The van der Waals surface area contributed by atoms with E-state index in [1.807, 2.05) is 6.07 Å². The van der Waals surface area contributed by atoms with Gasteiger partial charge in [-0.15, -0.1) is 0 Å². The first-order chi connectivity index (χ1) is 11.4. The van der Waals surface area contributed by atoms with Crippen LogP contribution in [-0.4, -0.2) is 28.6 Å². The molecule has 124 valence electrons. The average molecular weight is 330 g/mol. The standard InChI is InChI=1S/C15H14N4O5/c1-3-24-15(21)18-13(12(8-16)9(2)17-14(18)20)10-5-4-6-11(7-10)19(22)23/h4-7,13H,3H2,1-2H3,(H,17,20). The van der Waals surface area contributed by atoms with Crippen molar-refractivity contribution >= 4 is 17.8 Å². The van der Waals surface area contributed by atoms with E-state index in [4.69, 9.17) is 4.74 Å². The first-order valence-corrected chi connectivity index (χ1v) is 7.02. The highest BCUT2D eigenvalue weighted by Crippen LogP contribution is 2.34. The molecule has 0 fully saturated rings. The molecule has 1 heterocycles. The van der Waals surface area contributed by atoms with Crippen LogP contribution in [0.25, 0.3) is 0 Å². The molecular formula is C15H14N4O5. The minimum atomic E-state index is -1.09. The summed E-state index contributed by atoms with van der Waals surface area (Å²) < 4.78 is 4.87. The van der Waals surface area contributed by atoms with E-state index in [0.29, 0.717) is 0 Å². The van der Waals surface area contributed by atoms with Gasteiger partial charge >= 0.3 is 12.1 Å². The molecule has 1 atom stereocenters. The van der Waals surface area contributed by atoms with Gasteiger partial charge in [0.25, 0.3) is 5.69 Å². The number of nitro benzene ring substituents is 1. The van der Waals surface area contributed by atoms with Gasteiger partial charge in [-0.05, 0) is 19.4 Å². The van der Waals surface area contributed by atoms with E-state index in [1.54, 1.807) is 6.92 Å². The van der Waals surface area contributed by atoms with E-state index in [2.05, 4.69) is 5.32 Å². The van der Waals surface area contributed by atoms with E-state index in [-0.39, 0.29) is 29.1 Å². The fourth-order valence-corrected chi connectivity index (χ4v) is 2.39. The lowest BCUT2D eigenvalue weighted by atomic mass is 9.95. The number of nitro groups is 1. The van der Waals surface area contributed by atoms with Crippen LogP contribution in [0.3, 0.4) is 0 Å². The van der Waals surface area contributed by atoms with Crippen molar-refractivity contribution in [3.8, 4) is 6.07 Å². The van der Waals surface area contributed by atoms with Gasteiger partial charge in [0.05, 0.1) is 23.2 Å². The molecule has 1 N–H and O–H groups in total. The molecule has 0 aliphatic carbocycles. The average Bonchev–Trinajstić information content (AvgIpc) is 2.54. The van der Waals surface area contributed by atoms with Crippen molar-refractivity contribution in [1.82, 2.24) is 10.2 Å². The number of allylic oxidation sites excluding steroid dienone is 1. The molecular weight excluding hydrogens is 316 g/mol. The Balaban J connectivity index is 2.62. The van der Waals surface area contributed by atoms with Gasteiger partial charge in [-0.25, -0.2) is 14.5 Å². The third kappa shape index (κ3) is 3.03. The van der Waals surface area contributed by atoms with Crippen LogP contribution >= 0.6 is 0 Å². The summed E-state index contributed by atoms with van der Waals surface area (Å²) in [6.07, 6.45) is -0.938. The molecule has 0 spiro atoms. The van der Waals surface area contributed by atoms with Crippen molar-refractivity contribution in [2.24, 2.45) is 0 Å². The number of benzene rings is 1. The number of rotatable bonds is 3. The highest BCUT2D eigenvalue weighted by atomic mass is 16.6. The van der Waals surface area contributed by atoms with E-state index < -0.39 is 23.1 Å². The maximum Gasteiger partial charge on any atom is 0.418 e. The Kier molecular flexibility index (Phi) is 4.79. The lowest BCUT2D eigenvalue weighted by molar-refractivity contribution is -0.384. The highest BCUT2D eigenvalue weighted by Gasteiger charge is 2.40. The quantitative estimate of drug-likeness (QED) is 0.670. The lowest BCUT2D eigenvalue weighted by Gasteiger charge is -2.33. The van der Waals surface area contributed by atoms with Gasteiger partial charge in [-0.3, -0.25) is 10.1 Å². The molecule has 0 saturated heterocycles. The van der Waals surface area contributed by atoms with Crippen molar-refractivity contribution in [2.75, 3.05) is 6.61 Å². The van der Waals surface area contributed by atoms with E-state index >= 15 is 0 Å². The Hall–Kier alpha value is -3.41. The molecule has 1 aliphatic heterocycles. The van der Waals surface area contributed by atoms with Crippen LogP contribution in [0.15, 0.2) is 35.5 Å². The Labute approximate surface area is 137 Å². The molecule has 9 heteroatoms. The normalized spacial score (nSPS) is 17.1. The van der Waals surface area contributed by atoms with Gasteiger partial charge in [0.1, 0.15) is 6.04 Å². The molecule has 1 aromatic rings. The predicted octanol–water partition coefficient (Wildman–Crippen LogP) is 2.62. The van der Waals surface area contributed by atoms with Crippen LogP contribution in [0.5, 0.6) is 0 Å². The third-order valence-electron chi connectivity index (χ3n) is 3.43. The maximum absolute atomic E-state index is 12.2. The minimum absolute atomic E-state index is 0.0366. The van der Waals surface area contributed by atoms with Gasteiger partial charge in [0, 0.05) is 17.8 Å². The molecule has 0 bridgehead atoms. The first kappa shape index (κ1) is 17.0. The molecule has 1 unspecified atom stereocenters. The van der Waals surface area contributed by atoms with Crippen molar-refractivity contribution in [2.45, 2.75) is 19.9 Å². The van der Waals surface area contributed by atoms with E-state index in [1.165, 1.54) is 31.2 Å². The number of ether oxygens (including phenoxy) is 1. The van der Waals surface area contributed by atoms with Gasteiger partial charge < -0.3 is 10.1 Å². The zero-order chi connectivity index (χ0) is 17.9. The number of urea groups is 1. The second-order valence-electron chi connectivity index (χ2n) is 4.90. The number of carbonyl (C=O) groups excluding carboxylic acids is 2. The minimum Gasteiger partial charge on any atom is -0.449 e. The van der Waals surface area contributed by atoms with Crippen LogP contribution in [0, 0.1) is 21.4 Å².